The van der Waals surface area contributed by atoms with Gasteiger partial charge in [-0.2, -0.15) is 0 Å². The van der Waals surface area contributed by atoms with Crippen molar-refractivity contribution in [3.05, 3.63) is 0 Å². The van der Waals surface area contributed by atoms with E-state index >= 15 is 0 Å². The maximum Gasteiger partial charge on any atom is -0.00163 e. The summed E-state index contributed by atoms with van der Waals surface area (Å²) in [6.45, 7) is 22.1. The van der Waals surface area contributed by atoms with Crippen molar-refractivity contribution in [1.29, 1.82) is 0 Å². The third kappa shape index (κ3) is 27.1. The van der Waals surface area contributed by atoms with Crippen molar-refractivity contribution < 1.29 is 0 Å². The van der Waals surface area contributed by atoms with E-state index in [2.05, 4.69) is 60.3 Å². The van der Waals surface area contributed by atoms with Crippen molar-refractivity contribution >= 4 is 0 Å². The Balaban J connectivity index is -0.000000271. The molecule has 1 aliphatic heterocycles. The molecule has 0 aromatic heterocycles. The topological polar surface area (TPSA) is 3.24 Å². The van der Waals surface area contributed by atoms with E-state index in [0.29, 0.717) is 0 Å². The predicted molar refractivity (Wildman–Crippen MR) is 111 cm³/mol. The van der Waals surface area contributed by atoms with Gasteiger partial charge in [0.15, 0.2) is 0 Å². The second kappa shape index (κ2) is 20.0. The first-order valence-corrected chi connectivity index (χ1v) is 10.1. The monoisotopic (exact) mass is 329 g/mol. The molecule has 1 heteroatoms. The van der Waals surface area contributed by atoms with Crippen LogP contribution in [-0.4, -0.2) is 24.5 Å². The van der Waals surface area contributed by atoms with Crippen LogP contribution in [-0.2, 0) is 0 Å². The van der Waals surface area contributed by atoms with Crippen LogP contribution in [0.3, 0.4) is 0 Å². The van der Waals surface area contributed by atoms with Crippen LogP contribution in [0.4, 0.5) is 0 Å². The lowest BCUT2D eigenvalue weighted by Gasteiger charge is -2.15. The average molecular weight is 330 g/mol. The number of rotatable bonds is 7. The quantitative estimate of drug-likeness (QED) is 0.463. The minimum atomic E-state index is 0. The smallest absolute Gasteiger partial charge is 0.00163 e. The molecule has 0 atom stereocenters. The van der Waals surface area contributed by atoms with Gasteiger partial charge in [-0.25, -0.2) is 0 Å². The highest BCUT2D eigenvalue weighted by molar-refractivity contribution is 4.66. The molecule has 23 heavy (non-hydrogen) atoms. The summed E-state index contributed by atoms with van der Waals surface area (Å²) in [5, 5.41) is 0. The average Bonchev–Trinajstić information content (AvgIpc) is 2.90. The van der Waals surface area contributed by atoms with Crippen molar-refractivity contribution in [2.45, 2.75) is 108 Å². The van der Waals surface area contributed by atoms with Gasteiger partial charge < -0.3 is 4.90 Å². The Labute approximate surface area is 150 Å². The summed E-state index contributed by atoms with van der Waals surface area (Å²) in [5.41, 5.74) is 0. The first kappa shape index (κ1) is 27.8. The highest BCUT2D eigenvalue weighted by Crippen LogP contribution is 2.09. The highest BCUT2D eigenvalue weighted by Gasteiger charge is 2.10. The van der Waals surface area contributed by atoms with Gasteiger partial charge in [-0.15, -0.1) is 0 Å². The normalized spacial score (nSPS) is 14.2. The Morgan fingerprint density at radius 2 is 1.00 bits per heavy atom. The Bertz CT molecular complexity index is 180. The molecule has 0 amide bonds. The first-order valence-electron chi connectivity index (χ1n) is 10.1. The number of hydrogen-bond donors (Lipinski definition) is 0. The van der Waals surface area contributed by atoms with Gasteiger partial charge in [-0.05, 0) is 56.7 Å². The van der Waals surface area contributed by atoms with Crippen LogP contribution in [0, 0.1) is 17.8 Å². The zero-order valence-electron chi connectivity index (χ0n) is 17.3. The standard InChI is InChI=1S/C9H19N.2C6H14.CH4/c1-9(2)5-8-10-6-3-4-7-10;2*1-4-5-6(2)3;/h9H,3-8H2,1-2H3;2*6H,4-5H2,1-3H3;1H4. The molecule has 0 bridgehead atoms. The van der Waals surface area contributed by atoms with Gasteiger partial charge >= 0.3 is 0 Å². The van der Waals surface area contributed by atoms with Gasteiger partial charge in [-0.3, -0.25) is 0 Å². The van der Waals surface area contributed by atoms with E-state index in [1.165, 1.54) is 64.6 Å². The minimum Gasteiger partial charge on any atom is -0.303 e. The van der Waals surface area contributed by atoms with Crippen molar-refractivity contribution in [3.8, 4) is 0 Å². The fraction of sp³-hybridized carbons (Fsp3) is 1.00. The lowest BCUT2D eigenvalue weighted by molar-refractivity contribution is 0.314. The van der Waals surface area contributed by atoms with Crippen LogP contribution in [0.1, 0.15) is 108 Å². The van der Waals surface area contributed by atoms with Crippen LogP contribution >= 0.6 is 0 Å². The van der Waals surface area contributed by atoms with Crippen LogP contribution in [0.5, 0.6) is 0 Å². The third-order valence-electron chi connectivity index (χ3n) is 3.95. The lowest BCUT2D eigenvalue weighted by Crippen LogP contribution is -2.21. The summed E-state index contributed by atoms with van der Waals surface area (Å²) in [4.78, 5) is 2.58. The van der Waals surface area contributed by atoms with Crippen LogP contribution in [0.2, 0.25) is 0 Å². The Morgan fingerprint density at radius 3 is 1.22 bits per heavy atom. The maximum atomic E-state index is 2.58. The molecule has 1 saturated heterocycles. The van der Waals surface area contributed by atoms with Crippen LogP contribution < -0.4 is 0 Å². The van der Waals surface area contributed by atoms with Crippen molar-refractivity contribution in [3.63, 3.8) is 0 Å². The largest absolute Gasteiger partial charge is 0.303 e. The Morgan fingerprint density at radius 1 is 0.652 bits per heavy atom. The summed E-state index contributed by atoms with van der Waals surface area (Å²) in [6.07, 6.45) is 9.64. The second-order valence-electron chi connectivity index (χ2n) is 8.10. The van der Waals surface area contributed by atoms with Gasteiger partial charge in [0, 0.05) is 0 Å². The molecule has 0 spiro atoms. The van der Waals surface area contributed by atoms with Gasteiger partial charge in [-0.1, -0.05) is 88.5 Å². The molecule has 144 valence electrons. The SMILES string of the molecule is C.CC(C)CCN1CCCC1.CCCC(C)C.CCCC(C)C. The second-order valence-corrected chi connectivity index (χ2v) is 8.10. The predicted octanol–water partition coefficient (Wildman–Crippen LogP) is 7.65. The fourth-order valence-corrected chi connectivity index (χ4v) is 2.60. The summed E-state index contributed by atoms with van der Waals surface area (Å²) < 4.78 is 0. The summed E-state index contributed by atoms with van der Waals surface area (Å²) in [7, 11) is 0. The molecule has 0 aliphatic carbocycles. The van der Waals surface area contributed by atoms with Crippen molar-refractivity contribution in [2.75, 3.05) is 19.6 Å². The van der Waals surface area contributed by atoms with E-state index in [1.54, 1.807) is 0 Å². The van der Waals surface area contributed by atoms with Crippen LogP contribution in [0.25, 0.3) is 0 Å². The molecule has 1 fully saturated rings. The molecule has 1 aliphatic rings. The van der Waals surface area contributed by atoms with Gasteiger partial charge in [0.1, 0.15) is 0 Å². The van der Waals surface area contributed by atoms with E-state index < -0.39 is 0 Å². The van der Waals surface area contributed by atoms with E-state index in [0.717, 1.165) is 17.8 Å². The van der Waals surface area contributed by atoms with E-state index in [4.69, 9.17) is 0 Å². The van der Waals surface area contributed by atoms with E-state index in [-0.39, 0.29) is 7.43 Å². The molecule has 0 aromatic rings. The fourth-order valence-electron chi connectivity index (χ4n) is 2.60. The summed E-state index contributed by atoms with van der Waals surface area (Å²) in [5.74, 6) is 2.67. The number of likely N-dealkylation sites (tertiary alicyclic amines) is 1. The third-order valence-corrected chi connectivity index (χ3v) is 3.95. The maximum absolute atomic E-state index is 2.58. The Hall–Kier alpha value is -0.0400. The van der Waals surface area contributed by atoms with Crippen molar-refractivity contribution in [2.24, 2.45) is 17.8 Å². The molecular weight excluding hydrogens is 278 g/mol. The lowest BCUT2D eigenvalue weighted by atomic mass is 10.1. The first-order chi connectivity index (χ1) is 10.3. The molecule has 0 saturated carbocycles. The molecule has 0 unspecified atom stereocenters. The van der Waals surface area contributed by atoms with E-state index in [1.807, 2.05) is 0 Å². The molecule has 0 aromatic carbocycles. The molecule has 0 N–H and O–H groups in total. The number of nitrogens with zero attached hydrogens (tertiary/aromatic N) is 1. The molecule has 1 rings (SSSR count). The molecule has 1 heterocycles. The summed E-state index contributed by atoms with van der Waals surface area (Å²) >= 11 is 0. The van der Waals surface area contributed by atoms with Gasteiger partial charge in [0.25, 0.3) is 0 Å². The highest BCUT2D eigenvalue weighted by atomic mass is 15.1. The molecule has 0 radical (unpaired) electrons. The van der Waals surface area contributed by atoms with Crippen LogP contribution in [0.15, 0.2) is 0 Å². The minimum absolute atomic E-state index is 0. The summed E-state index contributed by atoms with van der Waals surface area (Å²) in [6, 6.07) is 0. The Kier molecular flexibility index (Phi) is 24.2. The molecule has 1 nitrogen and oxygen atoms in total. The number of hydrogen-bond acceptors (Lipinski definition) is 1. The zero-order chi connectivity index (χ0) is 17.4. The van der Waals surface area contributed by atoms with Gasteiger partial charge in [0.05, 0.1) is 0 Å². The van der Waals surface area contributed by atoms with Gasteiger partial charge in [0.2, 0.25) is 0 Å². The molecular formula is C22H51N. The van der Waals surface area contributed by atoms with E-state index in [9.17, 15) is 0 Å². The van der Waals surface area contributed by atoms with Crippen molar-refractivity contribution in [1.82, 2.24) is 4.90 Å². The zero-order valence-corrected chi connectivity index (χ0v) is 17.3.